The number of nitrogens with one attached hydrogen (secondary N) is 1. The van der Waals surface area contributed by atoms with Gasteiger partial charge in [-0.3, -0.25) is 4.79 Å². The van der Waals surface area contributed by atoms with E-state index in [1.54, 1.807) is 4.90 Å². The quantitative estimate of drug-likeness (QED) is 0.728. The van der Waals surface area contributed by atoms with Gasteiger partial charge >= 0.3 is 0 Å². The Morgan fingerprint density at radius 3 is 2.81 bits per heavy atom. The highest BCUT2D eigenvalue weighted by Gasteiger charge is 2.30. The Morgan fingerprint density at radius 2 is 2.25 bits per heavy atom. The van der Waals surface area contributed by atoms with Crippen LogP contribution in [-0.2, 0) is 14.3 Å². The van der Waals surface area contributed by atoms with E-state index < -0.39 is 6.10 Å². The summed E-state index contributed by atoms with van der Waals surface area (Å²) in [5, 5.41) is 3.25. The Morgan fingerprint density at radius 1 is 1.44 bits per heavy atom. The van der Waals surface area contributed by atoms with Crippen molar-refractivity contribution in [2.24, 2.45) is 0 Å². The molecule has 2 fully saturated rings. The molecule has 6 heteroatoms. The molecule has 2 unspecified atom stereocenters. The van der Waals surface area contributed by atoms with Crippen LogP contribution in [0.2, 0.25) is 0 Å². The molecule has 0 aromatic carbocycles. The lowest BCUT2D eigenvalue weighted by Crippen LogP contribution is -2.48. The van der Waals surface area contributed by atoms with Crippen molar-refractivity contribution in [2.75, 3.05) is 40.0 Å². The third-order valence-electron chi connectivity index (χ3n) is 3.02. The maximum atomic E-state index is 12.0. The first-order chi connectivity index (χ1) is 7.29. The molecule has 2 saturated heterocycles. The van der Waals surface area contributed by atoms with Crippen LogP contribution in [0.25, 0.3) is 0 Å². The highest BCUT2D eigenvalue weighted by molar-refractivity contribution is 5.85. The SMILES string of the molecule is CN(C(=O)C1COCCO1)C1CCNC1.Cl. The summed E-state index contributed by atoms with van der Waals surface area (Å²) in [4.78, 5) is 13.8. The largest absolute Gasteiger partial charge is 0.376 e. The Bertz CT molecular complexity index is 228. The molecule has 0 aromatic rings. The molecule has 0 saturated carbocycles. The fourth-order valence-electron chi connectivity index (χ4n) is 2.01. The summed E-state index contributed by atoms with van der Waals surface area (Å²) in [5.74, 6) is 0.0448. The number of hydrogen-bond donors (Lipinski definition) is 1. The van der Waals surface area contributed by atoms with Gasteiger partial charge in [0.25, 0.3) is 5.91 Å². The minimum atomic E-state index is -0.399. The molecule has 0 bridgehead atoms. The number of carbonyl (C=O) groups is 1. The van der Waals surface area contributed by atoms with Gasteiger partial charge in [-0.1, -0.05) is 0 Å². The van der Waals surface area contributed by atoms with E-state index in [0.717, 1.165) is 19.5 Å². The van der Waals surface area contributed by atoms with Crippen LogP contribution in [0.1, 0.15) is 6.42 Å². The van der Waals surface area contributed by atoms with Crippen LogP contribution < -0.4 is 5.32 Å². The summed E-state index contributed by atoms with van der Waals surface area (Å²) in [5.41, 5.74) is 0. The predicted molar refractivity (Wildman–Crippen MR) is 61.9 cm³/mol. The Labute approximate surface area is 102 Å². The third kappa shape index (κ3) is 3.07. The number of halogens is 1. The number of likely N-dealkylation sites (N-methyl/N-ethyl adjacent to an activating group) is 1. The Balaban J connectivity index is 0.00000128. The topological polar surface area (TPSA) is 50.8 Å². The molecule has 0 aromatic heterocycles. The molecule has 16 heavy (non-hydrogen) atoms. The number of hydrogen-bond acceptors (Lipinski definition) is 4. The predicted octanol–water partition coefficient (Wildman–Crippen LogP) is -0.356. The molecule has 0 spiro atoms. The molecule has 2 atom stereocenters. The van der Waals surface area contributed by atoms with Gasteiger partial charge in [-0.15, -0.1) is 12.4 Å². The van der Waals surface area contributed by atoms with Crippen LogP contribution >= 0.6 is 12.4 Å². The summed E-state index contributed by atoms with van der Waals surface area (Å²) in [6.07, 6.45) is 0.625. The van der Waals surface area contributed by atoms with Gasteiger partial charge in [-0.25, -0.2) is 0 Å². The summed E-state index contributed by atoms with van der Waals surface area (Å²) in [7, 11) is 1.85. The Kier molecular flexibility index (Phi) is 5.48. The molecule has 2 aliphatic rings. The maximum Gasteiger partial charge on any atom is 0.254 e. The van der Waals surface area contributed by atoms with Crippen LogP contribution in [0.3, 0.4) is 0 Å². The smallest absolute Gasteiger partial charge is 0.254 e. The average molecular weight is 251 g/mol. The molecular weight excluding hydrogens is 232 g/mol. The summed E-state index contributed by atoms with van der Waals surface area (Å²) >= 11 is 0. The van der Waals surface area contributed by atoms with E-state index in [1.165, 1.54) is 0 Å². The van der Waals surface area contributed by atoms with Gasteiger partial charge in [0.2, 0.25) is 0 Å². The normalized spacial score (nSPS) is 29.6. The van der Waals surface area contributed by atoms with Gasteiger partial charge < -0.3 is 19.7 Å². The fourth-order valence-corrected chi connectivity index (χ4v) is 2.01. The van der Waals surface area contributed by atoms with Crippen molar-refractivity contribution in [2.45, 2.75) is 18.6 Å². The zero-order valence-electron chi connectivity index (χ0n) is 9.48. The van der Waals surface area contributed by atoms with Crippen molar-refractivity contribution in [1.82, 2.24) is 10.2 Å². The van der Waals surface area contributed by atoms with Crippen molar-refractivity contribution in [3.8, 4) is 0 Å². The van der Waals surface area contributed by atoms with Crippen LogP contribution in [0, 0.1) is 0 Å². The summed E-state index contributed by atoms with van der Waals surface area (Å²) in [6.45, 7) is 3.38. The lowest BCUT2D eigenvalue weighted by atomic mass is 10.2. The van der Waals surface area contributed by atoms with E-state index in [0.29, 0.717) is 25.9 Å². The number of nitrogens with zero attached hydrogens (tertiary/aromatic N) is 1. The Hall–Kier alpha value is -0.360. The third-order valence-corrected chi connectivity index (χ3v) is 3.02. The molecule has 1 N–H and O–H groups in total. The number of ether oxygens (including phenoxy) is 2. The van der Waals surface area contributed by atoms with E-state index in [1.807, 2.05) is 7.05 Å². The first-order valence-electron chi connectivity index (χ1n) is 5.46. The lowest BCUT2D eigenvalue weighted by Gasteiger charge is -2.30. The molecule has 0 radical (unpaired) electrons. The summed E-state index contributed by atoms with van der Waals surface area (Å²) < 4.78 is 10.6. The van der Waals surface area contributed by atoms with E-state index in [4.69, 9.17) is 9.47 Å². The molecule has 2 heterocycles. The second kappa shape index (κ2) is 6.39. The van der Waals surface area contributed by atoms with Crippen molar-refractivity contribution in [1.29, 1.82) is 0 Å². The standard InChI is InChI=1S/C10H18N2O3.ClH/c1-12(8-2-3-11-6-8)10(13)9-7-14-4-5-15-9;/h8-9,11H,2-7H2,1H3;1H. The lowest BCUT2D eigenvalue weighted by molar-refractivity contribution is -0.158. The van der Waals surface area contributed by atoms with Crippen LogP contribution in [0.4, 0.5) is 0 Å². The molecule has 2 aliphatic heterocycles. The second-order valence-corrected chi connectivity index (χ2v) is 4.03. The molecule has 5 nitrogen and oxygen atoms in total. The minimum absolute atomic E-state index is 0. The highest BCUT2D eigenvalue weighted by Crippen LogP contribution is 2.11. The molecular formula is C10H19ClN2O3. The summed E-state index contributed by atoms with van der Waals surface area (Å²) in [6, 6.07) is 0.308. The fraction of sp³-hybridized carbons (Fsp3) is 0.900. The van der Waals surface area contributed by atoms with Crippen molar-refractivity contribution in [3.63, 3.8) is 0 Å². The van der Waals surface area contributed by atoms with Crippen molar-refractivity contribution < 1.29 is 14.3 Å². The van der Waals surface area contributed by atoms with Crippen LogP contribution in [0.5, 0.6) is 0 Å². The average Bonchev–Trinajstić information content (AvgIpc) is 2.82. The van der Waals surface area contributed by atoms with Gasteiger partial charge in [-0.2, -0.15) is 0 Å². The zero-order chi connectivity index (χ0) is 10.7. The number of rotatable bonds is 2. The van der Waals surface area contributed by atoms with Crippen molar-refractivity contribution >= 4 is 18.3 Å². The van der Waals surface area contributed by atoms with Crippen molar-refractivity contribution in [3.05, 3.63) is 0 Å². The van der Waals surface area contributed by atoms with E-state index >= 15 is 0 Å². The first-order valence-corrected chi connectivity index (χ1v) is 5.46. The minimum Gasteiger partial charge on any atom is -0.376 e. The second-order valence-electron chi connectivity index (χ2n) is 4.03. The van der Waals surface area contributed by atoms with Gasteiger partial charge in [-0.05, 0) is 13.0 Å². The van der Waals surface area contributed by atoms with Gasteiger partial charge in [0.05, 0.1) is 19.8 Å². The molecule has 1 amide bonds. The number of carbonyl (C=O) groups excluding carboxylic acids is 1. The van der Waals surface area contributed by atoms with E-state index in [-0.39, 0.29) is 18.3 Å². The highest BCUT2D eigenvalue weighted by atomic mass is 35.5. The first kappa shape index (κ1) is 13.7. The monoisotopic (exact) mass is 250 g/mol. The van der Waals surface area contributed by atoms with Gasteiger partial charge in [0.15, 0.2) is 6.10 Å². The molecule has 0 aliphatic carbocycles. The molecule has 2 rings (SSSR count). The van der Waals surface area contributed by atoms with Gasteiger partial charge in [0.1, 0.15) is 0 Å². The van der Waals surface area contributed by atoms with Crippen LogP contribution in [0.15, 0.2) is 0 Å². The van der Waals surface area contributed by atoms with Gasteiger partial charge in [0, 0.05) is 19.6 Å². The number of amides is 1. The van der Waals surface area contributed by atoms with Crippen LogP contribution in [-0.4, -0.2) is 62.9 Å². The maximum absolute atomic E-state index is 12.0. The molecule has 94 valence electrons. The zero-order valence-corrected chi connectivity index (χ0v) is 10.3. The van der Waals surface area contributed by atoms with E-state index in [2.05, 4.69) is 5.32 Å². The van der Waals surface area contributed by atoms with E-state index in [9.17, 15) is 4.79 Å².